The topological polar surface area (TPSA) is 77.2 Å². The molecule has 1 amide bonds. The zero-order valence-corrected chi connectivity index (χ0v) is 10.3. The largest absolute Gasteiger partial charge is 0.369 e. The minimum absolute atomic E-state index is 0.0345. The van der Waals surface area contributed by atoms with Crippen molar-refractivity contribution in [1.29, 1.82) is 0 Å². The highest BCUT2D eigenvalue weighted by Gasteiger charge is 2.07. The van der Waals surface area contributed by atoms with Crippen molar-refractivity contribution in [2.75, 3.05) is 6.26 Å². The maximum atomic E-state index is 11.2. The molecule has 0 saturated carbocycles. The van der Waals surface area contributed by atoms with Gasteiger partial charge in [-0.25, -0.2) is 8.42 Å². The van der Waals surface area contributed by atoms with Gasteiger partial charge < -0.3 is 5.73 Å². The summed E-state index contributed by atoms with van der Waals surface area (Å²) in [6.07, 6.45) is 1.13. The van der Waals surface area contributed by atoms with E-state index in [1.54, 1.807) is 24.3 Å². The number of sulfone groups is 1. The number of carbonyl (C=O) groups excluding carboxylic acids is 1. The lowest BCUT2D eigenvalue weighted by molar-refractivity contribution is -0.117. The first-order valence-electron chi connectivity index (χ1n) is 4.91. The monoisotopic (exact) mass is 251 g/mol. The van der Waals surface area contributed by atoms with E-state index in [-0.39, 0.29) is 12.2 Å². The Morgan fingerprint density at radius 1 is 1.35 bits per heavy atom. The molecular formula is C12H13NO3S. The summed E-state index contributed by atoms with van der Waals surface area (Å²) in [6.45, 7) is 0. The summed E-state index contributed by atoms with van der Waals surface area (Å²) in [5, 5.41) is 0. The van der Waals surface area contributed by atoms with Crippen molar-refractivity contribution in [2.45, 2.75) is 12.2 Å². The number of benzene rings is 1. The Hall–Kier alpha value is -1.80. The molecular weight excluding hydrogens is 238 g/mol. The van der Waals surface area contributed by atoms with Gasteiger partial charge in [-0.15, -0.1) is 0 Å². The number of carbonyl (C=O) groups is 1. The van der Waals surface area contributed by atoms with Crippen LogP contribution in [0.4, 0.5) is 0 Å². The standard InChI is InChI=1S/C12H13NO3S/c1-17(15,16)9-11-6-3-2-5-10(11)7-4-8-12(13)14/h2-3,5-6H,8-9H2,1H3,(H2,13,14). The summed E-state index contributed by atoms with van der Waals surface area (Å²) in [5.41, 5.74) is 6.20. The van der Waals surface area contributed by atoms with Crippen LogP contribution in [0.3, 0.4) is 0 Å². The first-order valence-corrected chi connectivity index (χ1v) is 6.97. The average molecular weight is 251 g/mol. The van der Waals surface area contributed by atoms with Crippen LogP contribution < -0.4 is 5.73 Å². The van der Waals surface area contributed by atoms with Gasteiger partial charge in [0.05, 0.1) is 12.2 Å². The van der Waals surface area contributed by atoms with E-state index in [0.29, 0.717) is 11.1 Å². The Labute approximate surface area is 101 Å². The van der Waals surface area contributed by atoms with E-state index in [0.717, 1.165) is 0 Å². The highest BCUT2D eigenvalue weighted by atomic mass is 32.2. The molecule has 0 aliphatic carbocycles. The summed E-state index contributed by atoms with van der Waals surface area (Å²) in [6, 6.07) is 6.93. The third kappa shape index (κ3) is 5.18. The van der Waals surface area contributed by atoms with Gasteiger partial charge in [0.25, 0.3) is 0 Å². The Morgan fingerprint density at radius 2 is 2.00 bits per heavy atom. The normalized spacial score (nSPS) is 10.4. The first-order chi connectivity index (χ1) is 7.88. The van der Waals surface area contributed by atoms with E-state index >= 15 is 0 Å². The third-order valence-electron chi connectivity index (χ3n) is 1.92. The maximum Gasteiger partial charge on any atom is 0.229 e. The molecule has 1 aromatic rings. The predicted octanol–water partition coefficient (Wildman–Crippen LogP) is 0.458. The highest BCUT2D eigenvalue weighted by Crippen LogP contribution is 2.10. The number of primary amides is 1. The molecule has 2 N–H and O–H groups in total. The van der Waals surface area contributed by atoms with E-state index in [9.17, 15) is 13.2 Å². The molecule has 90 valence electrons. The smallest absolute Gasteiger partial charge is 0.229 e. The minimum Gasteiger partial charge on any atom is -0.369 e. The number of hydrogen-bond donors (Lipinski definition) is 1. The number of rotatable bonds is 3. The Morgan fingerprint density at radius 3 is 2.59 bits per heavy atom. The molecule has 17 heavy (non-hydrogen) atoms. The van der Waals surface area contributed by atoms with Crippen LogP contribution in [0.1, 0.15) is 17.5 Å². The molecule has 1 aromatic carbocycles. The fourth-order valence-electron chi connectivity index (χ4n) is 1.28. The van der Waals surface area contributed by atoms with Gasteiger partial charge in [0.2, 0.25) is 5.91 Å². The summed E-state index contributed by atoms with van der Waals surface area (Å²) >= 11 is 0. The highest BCUT2D eigenvalue weighted by molar-refractivity contribution is 7.89. The molecule has 0 fully saturated rings. The van der Waals surface area contributed by atoms with Crippen molar-refractivity contribution in [3.05, 3.63) is 35.4 Å². The van der Waals surface area contributed by atoms with E-state index in [1.807, 2.05) is 0 Å². The number of hydrogen-bond acceptors (Lipinski definition) is 3. The zero-order chi connectivity index (χ0) is 12.9. The average Bonchev–Trinajstić information content (AvgIpc) is 2.17. The van der Waals surface area contributed by atoms with Crippen molar-refractivity contribution < 1.29 is 13.2 Å². The number of nitrogens with two attached hydrogens (primary N) is 1. The van der Waals surface area contributed by atoms with Crippen molar-refractivity contribution in [2.24, 2.45) is 5.73 Å². The zero-order valence-electron chi connectivity index (χ0n) is 9.43. The molecule has 0 unspecified atom stereocenters. The Bertz CT molecular complexity index is 579. The fraction of sp³-hybridized carbons (Fsp3) is 0.250. The third-order valence-corrected chi connectivity index (χ3v) is 2.76. The second kappa shape index (κ2) is 5.51. The van der Waals surface area contributed by atoms with Crippen molar-refractivity contribution in [3.63, 3.8) is 0 Å². The fourth-order valence-corrected chi connectivity index (χ4v) is 2.09. The van der Waals surface area contributed by atoms with Crippen LogP contribution in [-0.2, 0) is 20.4 Å². The first kappa shape index (κ1) is 13.3. The van der Waals surface area contributed by atoms with Crippen LogP contribution in [0.2, 0.25) is 0 Å². The van der Waals surface area contributed by atoms with Crippen molar-refractivity contribution >= 4 is 15.7 Å². The van der Waals surface area contributed by atoms with Crippen LogP contribution in [0, 0.1) is 11.8 Å². The van der Waals surface area contributed by atoms with Crippen molar-refractivity contribution in [1.82, 2.24) is 0 Å². The molecule has 5 heteroatoms. The quantitative estimate of drug-likeness (QED) is 0.793. The summed E-state index contributed by atoms with van der Waals surface area (Å²) in [5.74, 6) is 4.80. The number of amides is 1. The van der Waals surface area contributed by atoms with Crippen LogP contribution in [0.25, 0.3) is 0 Å². The summed E-state index contributed by atoms with van der Waals surface area (Å²) in [7, 11) is -3.10. The van der Waals surface area contributed by atoms with E-state index < -0.39 is 15.7 Å². The van der Waals surface area contributed by atoms with E-state index in [4.69, 9.17) is 5.73 Å². The van der Waals surface area contributed by atoms with Gasteiger partial charge in [-0.2, -0.15) is 0 Å². The van der Waals surface area contributed by atoms with Crippen LogP contribution >= 0.6 is 0 Å². The van der Waals surface area contributed by atoms with Crippen LogP contribution in [0.5, 0.6) is 0 Å². The summed E-state index contributed by atoms with van der Waals surface area (Å²) < 4.78 is 22.4. The Balaban J connectivity index is 2.99. The van der Waals surface area contributed by atoms with Crippen LogP contribution in [-0.4, -0.2) is 20.6 Å². The van der Waals surface area contributed by atoms with Gasteiger partial charge >= 0.3 is 0 Å². The molecule has 0 spiro atoms. The van der Waals surface area contributed by atoms with E-state index in [2.05, 4.69) is 11.8 Å². The van der Waals surface area contributed by atoms with Crippen molar-refractivity contribution in [3.8, 4) is 11.8 Å². The minimum atomic E-state index is -3.10. The maximum absolute atomic E-state index is 11.2. The lowest BCUT2D eigenvalue weighted by atomic mass is 10.1. The molecule has 1 rings (SSSR count). The second-order valence-corrected chi connectivity index (χ2v) is 5.81. The lowest BCUT2D eigenvalue weighted by Crippen LogP contribution is -2.08. The molecule has 4 nitrogen and oxygen atoms in total. The molecule has 0 aliphatic rings. The van der Waals surface area contributed by atoms with Gasteiger partial charge in [0, 0.05) is 11.8 Å². The predicted molar refractivity (Wildman–Crippen MR) is 65.7 cm³/mol. The Kier molecular flexibility index (Phi) is 4.30. The van der Waals surface area contributed by atoms with E-state index in [1.165, 1.54) is 6.26 Å². The molecule has 0 aromatic heterocycles. The van der Waals surface area contributed by atoms with Gasteiger partial charge in [-0.1, -0.05) is 30.0 Å². The molecule has 0 heterocycles. The molecule has 0 aliphatic heterocycles. The summed E-state index contributed by atoms with van der Waals surface area (Å²) in [4.78, 5) is 10.5. The molecule has 0 saturated heterocycles. The molecule has 0 bridgehead atoms. The van der Waals surface area contributed by atoms with Gasteiger partial charge in [0.1, 0.15) is 0 Å². The van der Waals surface area contributed by atoms with Crippen LogP contribution in [0.15, 0.2) is 24.3 Å². The second-order valence-electron chi connectivity index (χ2n) is 3.67. The van der Waals surface area contributed by atoms with Gasteiger partial charge in [-0.3, -0.25) is 4.79 Å². The van der Waals surface area contributed by atoms with Gasteiger partial charge in [-0.05, 0) is 11.6 Å². The van der Waals surface area contributed by atoms with Gasteiger partial charge in [0.15, 0.2) is 9.84 Å². The SMILES string of the molecule is CS(=O)(=O)Cc1ccccc1C#CCC(N)=O. The molecule has 0 atom stereocenters. The molecule has 0 radical (unpaired) electrons. The lowest BCUT2D eigenvalue weighted by Gasteiger charge is -2.02.